The molecule has 6 heteroatoms. The number of halogens is 1. The van der Waals surface area contributed by atoms with Gasteiger partial charge in [0.1, 0.15) is 6.54 Å². The summed E-state index contributed by atoms with van der Waals surface area (Å²) in [7, 11) is 0. The fraction of sp³-hybridized carbons (Fsp3) is 0.120. The average Bonchev–Trinajstić information content (AvgIpc) is 2.77. The maximum atomic E-state index is 13.2. The third-order valence-corrected chi connectivity index (χ3v) is 6.17. The summed E-state index contributed by atoms with van der Waals surface area (Å²) in [4.78, 5) is 28.9. The van der Waals surface area contributed by atoms with Gasteiger partial charge < -0.3 is 5.32 Å². The highest BCUT2D eigenvalue weighted by Gasteiger charge is 2.30. The van der Waals surface area contributed by atoms with Crippen molar-refractivity contribution in [3.63, 3.8) is 0 Å². The molecule has 3 aromatic carbocycles. The highest BCUT2D eigenvalue weighted by molar-refractivity contribution is 8.04. The van der Waals surface area contributed by atoms with Crippen LogP contribution >= 0.6 is 23.4 Å². The van der Waals surface area contributed by atoms with Crippen LogP contribution in [-0.2, 0) is 16.0 Å². The van der Waals surface area contributed by atoms with Crippen LogP contribution < -0.4 is 10.2 Å². The molecule has 0 atom stereocenters. The summed E-state index contributed by atoms with van der Waals surface area (Å²) >= 11 is 7.49. The highest BCUT2D eigenvalue weighted by atomic mass is 35.5. The second kappa shape index (κ2) is 9.86. The number of nitrogens with zero attached hydrogens (tertiary/aromatic N) is 1. The third kappa shape index (κ3) is 5.37. The highest BCUT2D eigenvalue weighted by Crippen LogP contribution is 2.41. The number of benzene rings is 3. The van der Waals surface area contributed by atoms with Gasteiger partial charge in [0.25, 0.3) is 5.91 Å². The molecule has 2 amide bonds. The van der Waals surface area contributed by atoms with Crippen LogP contribution in [-0.4, -0.2) is 24.9 Å². The maximum absolute atomic E-state index is 13.2. The normalized spacial score (nSPS) is 14.4. The molecule has 1 N–H and O–H groups in total. The van der Waals surface area contributed by atoms with Crippen LogP contribution in [0.3, 0.4) is 0 Å². The molecule has 1 aliphatic rings. The van der Waals surface area contributed by atoms with Crippen molar-refractivity contribution in [1.29, 1.82) is 0 Å². The number of hydrogen-bond acceptors (Lipinski definition) is 3. The number of amides is 2. The molecule has 0 aliphatic carbocycles. The van der Waals surface area contributed by atoms with E-state index in [4.69, 9.17) is 11.6 Å². The van der Waals surface area contributed by atoms with Gasteiger partial charge in [0.05, 0.1) is 10.6 Å². The summed E-state index contributed by atoms with van der Waals surface area (Å²) in [5.41, 5.74) is 2.75. The van der Waals surface area contributed by atoms with E-state index < -0.39 is 0 Å². The van der Waals surface area contributed by atoms with Gasteiger partial charge in [0.15, 0.2) is 0 Å². The Kier molecular flexibility index (Phi) is 6.75. The first-order chi connectivity index (χ1) is 15.1. The van der Waals surface area contributed by atoms with Gasteiger partial charge in [-0.3, -0.25) is 14.5 Å². The van der Waals surface area contributed by atoms with Crippen LogP contribution in [0.1, 0.15) is 11.1 Å². The Morgan fingerprint density at radius 3 is 2.58 bits per heavy atom. The molecule has 4 nitrogen and oxygen atoms in total. The Hall–Kier alpha value is -3.02. The minimum atomic E-state index is -0.193. The minimum absolute atomic E-state index is 0.0297. The number of rotatable bonds is 6. The van der Waals surface area contributed by atoms with Crippen molar-refractivity contribution in [2.24, 2.45) is 0 Å². The van der Waals surface area contributed by atoms with E-state index in [-0.39, 0.29) is 18.4 Å². The summed E-state index contributed by atoms with van der Waals surface area (Å²) in [6.07, 6.45) is 2.56. The summed E-state index contributed by atoms with van der Waals surface area (Å²) in [6.45, 7) is 0.491. The Morgan fingerprint density at radius 1 is 1.00 bits per heavy atom. The Bertz CT molecular complexity index is 1130. The van der Waals surface area contributed by atoms with Gasteiger partial charge in [-0.15, -0.1) is 0 Å². The van der Waals surface area contributed by atoms with Gasteiger partial charge in [-0.1, -0.05) is 78.0 Å². The lowest BCUT2D eigenvalue weighted by atomic mass is 10.1. The molecule has 0 bridgehead atoms. The van der Waals surface area contributed by atoms with Crippen LogP contribution in [0.4, 0.5) is 5.69 Å². The first kappa shape index (κ1) is 21.2. The Morgan fingerprint density at radius 2 is 1.77 bits per heavy atom. The molecular weight excluding hydrogens is 428 g/mol. The van der Waals surface area contributed by atoms with Crippen LogP contribution in [0.2, 0.25) is 5.02 Å². The topological polar surface area (TPSA) is 49.4 Å². The molecule has 1 heterocycles. The quantitative estimate of drug-likeness (QED) is 0.528. The molecule has 0 unspecified atom stereocenters. The van der Waals surface area contributed by atoms with Crippen molar-refractivity contribution in [2.45, 2.75) is 11.3 Å². The Balaban J connectivity index is 1.50. The van der Waals surface area contributed by atoms with Crippen LogP contribution in [0, 0.1) is 0 Å². The zero-order chi connectivity index (χ0) is 21.6. The van der Waals surface area contributed by atoms with Crippen LogP contribution in [0.15, 0.2) is 88.7 Å². The molecule has 0 saturated carbocycles. The number of fused-ring (bicyclic) bond motifs is 1. The predicted octanol–water partition coefficient (Wildman–Crippen LogP) is 5.18. The van der Waals surface area contributed by atoms with Crippen molar-refractivity contribution in [3.8, 4) is 0 Å². The van der Waals surface area contributed by atoms with Gasteiger partial charge in [-0.2, -0.15) is 0 Å². The summed E-state index contributed by atoms with van der Waals surface area (Å²) in [5, 5.41) is 3.53. The molecule has 0 fully saturated rings. The lowest BCUT2D eigenvalue weighted by Gasteiger charge is -2.29. The lowest BCUT2D eigenvalue weighted by molar-refractivity contribution is -0.122. The molecule has 0 spiro atoms. The van der Waals surface area contributed by atoms with Crippen molar-refractivity contribution in [1.82, 2.24) is 5.32 Å². The number of nitrogens with one attached hydrogen (secondary N) is 1. The number of anilines is 1. The van der Waals surface area contributed by atoms with E-state index in [0.29, 0.717) is 16.5 Å². The molecule has 3 aromatic rings. The number of thioether (sulfide) groups is 1. The number of hydrogen-bond donors (Lipinski definition) is 1. The third-order valence-electron chi connectivity index (χ3n) is 4.86. The van der Waals surface area contributed by atoms with Crippen molar-refractivity contribution >= 4 is 46.9 Å². The molecular formula is C25H21ClN2O2S. The number of carbonyl (C=O) groups excluding carboxylic acids is 2. The van der Waals surface area contributed by atoms with Crippen LogP contribution in [0.25, 0.3) is 6.08 Å². The molecule has 0 aromatic heterocycles. The maximum Gasteiger partial charge on any atom is 0.265 e. The molecule has 156 valence electrons. The second-order valence-electron chi connectivity index (χ2n) is 7.11. The summed E-state index contributed by atoms with van der Waals surface area (Å²) in [5.74, 6) is -0.380. The summed E-state index contributed by atoms with van der Waals surface area (Å²) in [6, 6.07) is 25.0. The van der Waals surface area contributed by atoms with Gasteiger partial charge in [-0.05, 0) is 47.9 Å². The van der Waals surface area contributed by atoms with Crippen molar-refractivity contribution < 1.29 is 9.59 Å². The first-order valence-electron chi connectivity index (χ1n) is 9.97. The molecule has 0 saturated heterocycles. The van der Waals surface area contributed by atoms with E-state index >= 15 is 0 Å². The monoisotopic (exact) mass is 448 g/mol. The fourth-order valence-corrected chi connectivity index (χ4v) is 4.61. The second-order valence-corrected chi connectivity index (χ2v) is 8.63. The van der Waals surface area contributed by atoms with Gasteiger partial charge in [-0.25, -0.2) is 0 Å². The van der Waals surface area contributed by atoms with Crippen molar-refractivity contribution in [2.75, 3.05) is 18.0 Å². The zero-order valence-corrected chi connectivity index (χ0v) is 18.3. The summed E-state index contributed by atoms with van der Waals surface area (Å²) < 4.78 is 0. The van der Waals surface area contributed by atoms with E-state index in [1.807, 2.05) is 78.9 Å². The SMILES string of the molecule is O=C(CN1C(=O)/C(=C\c2cccc(Cl)c2)Sc2ccccc21)NCCc1ccccc1. The van der Waals surface area contributed by atoms with E-state index in [9.17, 15) is 9.59 Å². The molecule has 1 aliphatic heterocycles. The van der Waals surface area contributed by atoms with E-state index in [0.717, 1.165) is 28.1 Å². The minimum Gasteiger partial charge on any atom is -0.354 e. The first-order valence-corrected chi connectivity index (χ1v) is 11.2. The molecule has 31 heavy (non-hydrogen) atoms. The van der Waals surface area contributed by atoms with E-state index in [1.54, 1.807) is 11.0 Å². The number of para-hydroxylation sites is 1. The molecule has 0 radical (unpaired) electrons. The molecule has 4 rings (SSSR count). The standard InChI is InChI=1S/C25H21ClN2O2S/c26-20-10-6-9-19(15-20)16-23-25(30)28(21-11-4-5-12-22(21)31-23)17-24(29)27-14-13-18-7-2-1-3-8-18/h1-12,15-16H,13-14,17H2,(H,27,29)/b23-16+. The predicted molar refractivity (Wildman–Crippen MR) is 127 cm³/mol. The van der Waals surface area contributed by atoms with E-state index in [1.165, 1.54) is 11.8 Å². The van der Waals surface area contributed by atoms with Gasteiger partial charge >= 0.3 is 0 Å². The fourth-order valence-electron chi connectivity index (χ4n) is 3.36. The van der Waals surface area contributed by atoms with Gasteiger partial charge in [0.2, 0.25) is 5.91 Å². The number of carbonyl (C=O) groups is 2. The smallest absolute Gasteiger partial charge is 0.265 e. The van der Waals surface area contributed by atoms with Gasteiger partial charge in [0, 0.05) is 16.5 Å². The van der Waals surface area contributed by atoms with Crippen LogP contribution in [0.5, 0.6) is 0 Å². The van der Waals surface area contributed by atoms with Crippen molar-refractivity contribution in [3.05, 3.63) is 99.9 Å². The largest absolute Gasteiger partial charge is 0.354 e. The zero-order valence-electron chi connectivity index (χ0n) is 16.8. The van der Waals surface area contributed by atoms with E-state index in [2.05, 4.69) is 5.32 Å². The average molecular weight is 449 g/mol. The Labute approximate surface area is 190 Å². The lowest BCUT2D eigenvalue weighted by Crippen LogP contribution is -2.43.